The topological polar surface area (TPSA) is 127 Å². The van der Waals surface area contributed by atoms with Gasteiger partial charge in [0.1, 0.15) is 0 Å². The average molecular weight is 475 g/mol. The zero-order valence-corrected chi connectivity index (χ0v) is 18.5. The molecule has 10 nitrogen and oxygen atoms in total. The first-order chi connectivity index (χ1) is 15.8. The van der Waals surface area contributed by atoms with E-state index in [4.69, 9.17) is 30.5 Å². The second kappa shape index (κ2) is 10.6. The lowest BCUT2D eigenvalue weighted by Gasteiger charge is -2.12. The highest BCUT2D eigenvalue weighted by atomic mass is 35.5. The van der Waals surface area contributed by atoms with Crippen molar-refractivity contribution in [1.82, 2.24) is 0 Å². The van der Waals surface area contributed by atoms with Gasteiger partial charge in [0.05, 0.1) is 28.7 Å². The Hall–Kier alpha value is -3.92. The molecule has 172 valence electrons. The van der Waals surface area contributed by atoms with E-state index in [1.165, 1.54) is 24.3 Å². The molecule has 0 saturated carbocycles. The first-order valence-electron chi connectivity index (χ1n) is 9.84. The molecule has 2 aromatic rings. The van der Waals surface area contributed by atoms with Gasteiger partial charge in [-0.3, -0.25) is 10.1 Å². The fourth-order valence-electron chi connectivity index (χ4n) is 2.81. The summed E-state index contributed by atoms with van der Waals surface area (Å²) in [6, 6.07) is 8.58. The third-order valence-corrected chi connectivity index (χ3v) is 4.56. The van der Waals surface area contributed by atoms with Gasteiger partial charge in [0.15, 0.2) is 23.8 Å². The van der Waals surface area contributed by atoms with Crippen molar-refractivity contribution in [2.75, 3.05) is 19.8 Å². The van der Waals surface area contributed by atoms with Crippen molar-refractivity contribution in [2.24, 2.45) is 4.99 Å². The monoisotopic (exact) mass is 474 g/mol. The van der Waals surface area contributed by atoms with Crippen LogP contribution in [0.4, 0.5) is 5.69 Å². The van der Waals surface area contributed by atoms with E-state index < -0.39 is 16.9 Å². The third kappa shape index (κ3) is 5.86. The molecular formula is C22H19ClN2O8. The lowest BCUT2D eigenvalue weighted by molar-refractivity contribution is -0.384. The number of carbonyl (C=O) groups is 2. The second-order valence-electron chi connectivity index (χ2n) is 6.49. The molecule has 0 N–H and O–H groups in total. The number of hydrogen-bond acceptors (Lipinski definition) is 9. The smallest absolute Gasteiger partial charge is 0.363 e. The fourth-order valence-corrected chi connectivity index (χ4v) is 3.01. The molecule has 0 radical (unpaired) electrons. The molecule has 0 spiro atoms. The molecule has 0 fully saturated rings. The lowest BCUT2D eigenvalue weighted by Crippen LogP contribution is -2.15. The number of esters is 2. The molecule has 1 heterocycles. The summed E-state index contributed by atoms with van der Waals surface area (Å²) in [4.78, 5) is 38.4. The Balaban J connectivity index is 1.88. The zero-order valence-electron chi connectivity index (χ0n) is 17.7. The molecule has 33 heavy (non-hydrogen) atoms. The van der Waals surface area contributed by atoms with Gasteiger partial charge in [-0.05, 0) is 43.7 Å². The van der Waals surface area contributed by atoms with Gasteiger partial charge < -0.3 is 18.9 Å². The predicted octanol–water partition coefficient (Wildman–Crippen LogP) is 3.93. The van der Waals surface area contributed by atoms with Gasteiger partial charge in [0.25, 0.3) is 5.69 Å². The third-order valence-electron chi connectivity index (χ3n) is 4.23. The largest absolute Gasteiger partial charge is 0.490 e. The quantitative estimate of drug-likeness (QED) is 0.231. The highest BCUT2D eigenvalue weighted by Gasteiger charge is 2.27. The van der Waals surface area contributed by atoms with Crippen molar-refractivity contribution < 1.29 is 33.5 Å². The molecule has 0 aromatic heterocycles. The molecule has 0 amide bonds. The van der Waals surface area contributed by atoms with Crippen LogP contribution in [-0.2, 0) is 19.1 Å². The summed E-state index contributed by atoms with van der Waals surface area (Å²) in [6.45, 7) is 3.78. The van der Waals surface area contributed by atoms with Gasteiger partial charge in [-0.15, -0.1) is 0 Å². The fraction of sp³-hybridized carbons (Fsp3) is 0.227. The van der Waals surface area contributed by atoms with E-state index in [1.807, 2.05) is 0 Å². The maximum atomic E-state index is 12.3. The van der Waals surface area contributed by atoms with Crippen LogP contribution in [0.15, 0.2) is 47.1 Å². The van der Waals surface area contributed by atoms with Gasteiger partial charge >= 0.3 is 11.9 Å². The summed E-state index contributed by atoms with van der Waals surface area (Å²) < 4.78 is 21.0. The minimum Gasteiger partial charge on any atom is -0.490 e. The van der Waals surface area contributed by atoms with Crippen LogP contribution in [0, 0.1) is 10.1 Å². The molecule has 0 atom stereocenters. The summed E-state index contributed by atoms with van der Waals surface area (Å²) in [5.74, 6) is -0.712. The molecule has 11 heteroatoms. The SMILES string of the molecule is CCOC(=O)COc1ccc(/C=C2\N=C(c3cc([N+](=O)[O-])ccc3Cl)OC2=O)cc1OCC. The number of nitro groups is 1. The number of nitrogens with zero attached hydrogens (tertiary/aromatic N) is 2. The Morgan fingerprint density at radius 3 is 2.64 bits per heavy atom. The van der Waals surface area contributed by atoms with Crippen molar-refractivity contribution in [2.45, 2.75) is 13.8 Å². The summed E-state index contributed by atoms with van der Waals surface area (Å²) >= 11 is 6.10. The van der Waals surface area contributed by atoms with Gasteiger partial charge in [0.2, 0.25) is 5.90 Å². The van der Waals surface area contributed by atoms with Crippen molar-refractivity contribution in [1.29, 1.82) is 0 Å². The summed E-state index contributed by atoms with van der Waals surface area (Å²) in [6.07, 6.45) is 1.46. The maximum absolute atomic E-state index is 12.3. The number of rotatable bonds is 9. The first kappa shape index (κ1) is 23.7. The number of benzene rings is 2. The van der Waals surface area contributed by atoms with Crippen LogP contribution in [0.1, 0.15) is 25.0 Å². The van der Waals surface area contributed by atoms with Crippen LogP contribution in [-0.4, -0.2) is 42.6 Å². The number of ether oxygens (including phenoxy) is 4. The van der Waals surface area contributed by atoms with E-state index in [0.29, 0.717) is 23.7 Å². The van der Waals surface area contributed by atoms with Crippen molar-refractivity contribution >= 4 is 41.2 Å². The van der Waals surface area contributed by atoms with E-state index in [0.717, 1.165) is 0 Å². The highest BCUT2D eigenvalue weighted by molar-refractivity contribution is 6.34. The van der Waals surface area contributed by atoms with Crippen LogP contribution in [0.2, 0.25) is 5.02 Å². The maximum Gasteiger partial charge on any atom is 0.363 e. The summed E-state index contributed by atoms with van der Waals surface area (Å²) in [5.41, 5.74) is 0.421. The minimum atomic E-state index is -0.742. The van der Waals surface area contributed by atoms with Gasteiger partial charge in [-0.1, -0.05) is 17.7 Å². The Bertz CT molecular complexity index is 1160. The van der Waals surface area contributed by atoms with Crippen molar-refractivity contribution in [3.63, 3.8) is 0 Å². The number of carbonyl (C=O) groups excluding carboxylic acids is 2. The van der Waals surface area contributed by atoms with Gasteiger partial charge in [-0.25, -0.2) is 14.6 Å². The molecular weight excluding hydrogens is 456 g/mol. The Kier molecular flexibility index (Phi) is 7.62. The number of non-ortho nitro benzene ring substituents is 1. The summed E-state index contributed by atoms with van der Waals surface area (Å²) in [7, 11) is 0. The van der Waals surface area contributed by atoms with Crippen LogP contribution >= 0.6 is 11.6 Å². The van der Waals surface area contributed by atoms with E-state index in [1.54, 1.807) is 32.0 Å². The number of nitro benzene ring substituents is 1. The number of aliphatic imine (C=N–C) groups is 1. The zero-order chi connectivity index (χ0) is 24.0. The molecule has 0 saturated heterocycles. The normalized spacial score (nSPS) is 14.0. The van der Waals surface area contributed by atoms with Crippen molar-refractivity contribution in [3.8, 4) is 11.5 Å². The van der Waals surface area contributed by atoms with E-state index >= 15 is 0 Å². The van der Waals surface area contributed by atoms with Gasteiger partial charge in [0, 0.05) is 12.1 Å². The first-order valence-corrected chi connectivity index (χ1v) is 10.2. The van der Waals surface area contributed by atoms with Crippen LogP contribution in [0.25, 0.3) is 6.08 Å². The second-order valence-corrected chi connectivity index (χ2v) is 6.90. The minimum absolute atomic E-state index is 0.0322. The van der Waals surface area contributed by atoms with Crippen molar-refractivity contribution in [3.05, 3.63) is 68.4 Å². The van der Waals surface area contributed by atoms with Crippen LogP contribution in [0.5, 0.6) is 11.5 Å². The Morgan fingerprint density at radius 2 is 1.94 bits per heavy atom. The standard InChI is InChI=1S/C22H19ClN2O8/c1-3-30-19-10-13(5-8-18(19)32-12-20(26)31-4-2)9-17-22(27)33-21(24-17)15-11-14(25(28)29)6-7-16(15)23/h5-11H,3-4,12H2,1-2H3/b17-9-. The molecule has 0 unspecified atom stereocenters. The van der Waals surface area contributed by atoms with Crippen LogP contribution < -0.4 is 9.47 Å². The Morgan fingerprint density at radius 1 is 1.15 bits per heavy atom. The molecule has 1 aliphatic heterocycles. The highest BCUT2D eigenvalue weighted by Crippen LogP contribution is 2.31. The summed E-state index contributed by atoms with van der Waals surface area (Å²) in [5, 5.41) is 11.2. The molecule has 1 aliphatic rings. The number of cyclic esters (lactones) is 1. The molecule has 2 aromatic carbocycles. The number of hydrogen-bond donors (Lipinski definition) is 0. The average Bonchev–Trinajstić information content (AvgIpc) is 3.13. The van der Waals surface area contributed by atoms with E-state index in [9.17, 15) is 19.7 Å². The Labute approximate surface area is 193 Å². The predicted molar refractivity (Wildman–Crippen MR) is 118 cm³/mol. The molecule has 3 rings (SSSR count). The molecule has 0 aliphatic carbocycles. The lowest BCUT2D eigenvalue weighted by atomic mass is 10.1. The van der Waals surface area contributed by atoms with Crippen LogP contribution in [0.3, 0.4) is 0 Å². The molecule has 0 bridgehead atoms. The van der Waals surface area contributed by atoms with E-state index in [2.05, 4.69) is 4.99 Å². The number of halogens is 1. The van der Waals surface area contributed by atoms with Gasteiger partial charge in [-0.2, -0.15) is 0 Å². The van der Waals surface area contributed by atoms with E-state index in [-0.39, 0.29) is 41.1 Å².